The standard InChI is InChI=1S/C18H17FN2O2S/c1-2-16(22)20-14-8-6-12(7-9-14)18-21(17(23)11-24-18)15-5-3-4-13(19)10-15/h3-10,18H,2,11H2,1H3,(H,20,22)/t18-/m0/s1. The zero-order valence-corrected chi connectivity index (χ0v) is 14.0. The minimum absolute atomic E-state index is 0.0426. The molecular weight excluding hydrogens is 327 g/mol. The number of carbonyl (C=O) groups excluding carboxylic acids is 2. The van der Waals surface area contributed by atoms with Crippen LogP contribution in [0.5, 0.6) is 0 Å². The molecule has 1 N–H and O–H groups in total. The summed E-state index contributed by atoms with van der Waals surface area (Å²) in [5.74, 6) is -0.0997. The van der Waals surface area contributed by atoms with E-state index in [-0.39, 0.29) is 23.0 Å². The molecule has 0 spiro atoms. The minimum atomic E-state index is -0.367. The van der Waals surface area contributed by atoms with Crippen molar-refractivity contribution in [1.82, 2.24) is 0 Å². The van der Waals surface area contributed by atoms with Gasteiger partial charge in [-0.2, -0.15) is 0 Å². The largest absolute Gasteiger partial charge is 0.326 e. The van der Waals surface area contributed by atoms with Crippen LogP contribution < -0.4 is 10.2 Å². The predicted octanol–water partition coefficient (Wildman–Crippen LogP) is 3.95. The van der Waals surface area contributed by atoms with Crippen LogP contribution in [0.2, 0.25) is 0 Å². The number of hydrogen-bond donors (Lipinski definition) is 1. The van der Waals surface area contributed by atoms with Crippen LogP contribution in [0.25, 0.3) is 0 Å². The van der Waals surface area contributed by atoms with Gasteiger partial charge in [-0.1, -0.05) is 25.1 Å². The fourth-order valence-corrected chi connectivity index (χ4v) is 3.73. The molecule has 1 fully saturated rings. The molecule has 1 aliphatic rings. The van der Waals surface area contributed by atoms with Gasteiger partial charge in [0.2, 0.25) is 11.8 Å². The molecule has 0 radical (unpaired) electrons. The second-order valence-corrected chi connectivity index (χ2v) is 6.50. The molecule has 0 saturated carbocycles. The van der Waals surface area contributed by atoms with Crippen LogP contribution in [0.4, 0.5) is 15.8 Å². The number of carbonyl (C=O) groups is 2. The van der Waals surface area contributed by atoms with Gasteiger partial charge in [-0.25, -0.2) is 4.39 Å². The summed E-state index contributed by atoms with van der Waals surface area (Å²) in [7, 11) is 0. The highest BCUT2D eigenvalue weighted by atomic mass is 32.2. The topological polar surface area (TPSA) is 49.4 Å². The second-order valence-electron chi connectivity index (χ2n) is 5.43. The summed E-state index contributed by atoms with van der Waals surface area (Å²) in [6, 6.07) is 13.5. The third-order valence-electron chi connectivity index (χ3n) is 3.75. The van der Waals surface area contributed by atoms with Crippen molar-refractivity contribution < 1.29 is 14.0 Å². The molecule has 0 aliphatic carbocycles. The lowest BCUT2D eigenvalue weighted by Crippen LogP contribution is -2.27. The fourth-order valence-electron chi connectivity index (χ4n) is 2.56. The first-order chi connectivity index (χ1) is 11.6. The van der Waals surface area contributed by atoms with E-state index in [1.807, 2.05) is 24.3 Å². The van der Waals surface area contributed by atoms with Gasteiger partial charge >= 0.3 is 0 Å². The van der Waals surface area contributed by atoms with E-state index in [4.69, 9.17) is 0 Å². The molecule has 2 aromatic rings. The normalized spacial score (nSPS) is 17.2. The summed E-state index contributed by atoms with van der Waals surface area (Å²) in [5, 5.41) is 2.59. The first-order valence-electron chi connectivity index (χ1n) is 7.67. The Morgan fingerprint density at radius 1 is 1.29 bits per heavy atom. The zero-order chi connectivity index (χ0) is 17.1. The van der Waals surface area contributed by atoms with Crippen molar-refractivity contribution in [3.8, 4) is 0 Å². The first kappa shape index (κ1) is 16.5. The van der Waals surface area contributed by atoms with Gasteiger partial charge in [-0.15, -0.1) is 11.8 Å². The minimum Gasteiger partial charge on any atom is -0.326 e. The van der Waals surface area contributed by atoms with E-state index in [1.165, 1.54) is 23.9 Å². The van der Waals surface area contributed by atoms with E-state index in [9.17, 15) is 14.0 Å². The van der Waals surface area contributed by atoms with Crippen molar-refractivity contribution in [3.63, 3.8) is 0 Å². The number of hydrogen-bond acceptors (Lipinski definition) is 3. The Morgan fingerprint density at radius 2 is 2.04 bits per heavy atom. The van der Waals surface area contributed by atoms with Gasteiger partial charge in [0.25, 0.3) is 0 Å². The molecular formula is C18H17FN2O2S. The van der Waals surface area contributed by atoms with Gasteiger partial charge in [0.1, 0.15) is 11.2 Å². The average molecular weight is 344 g/mol. The summed E-state index contributed by atoms with van der Waals surface area (Å²) in [6.07, 6.45) is 0.419. The number of nitrogens with one attached hydrogen (secondary N) is 1. The molecule has 1 heterocycles. The van der Waals surface area contributed by atoms with Crippen molar-refractivity contribution in [3.05, 3.63) is 59.9 Å². The maximum atomic E-state index is 13.5. The van der Waals surface area contributed by atoms with Gasteiger partial charge in [0.05, 0.1) is 5.75 Å². The maximum absolute atomic E-state index is 13.5. The molecule has 6 heteroatoms. The number of rotatable bonds is 4. The fraction of sp³-hybridized carbons (Fsp3) is 0.222. The summed E-state index contributed by atoms with van der Waals surface area (Å²) >= 11 is 1.50. The van der Waals surface area contributed by atoms with Crippen molar-refractivity contribution in [2.24, 2.45) is 0 Å². The molecule has 24 heavy (non-hydrogen) atoms. The van der Waals surface area contributed by atoms with Crippen molar-refractivity contribution >= 4 is 35.0 Å². The smallest absolute Gasteiger partial charge is 0.238 e. The van der Waals surface area contributed by atoms with E-state index in [0.29, 0.717) is 17.9 Å². The SMILES string of the molecule is CCC(=O)Nc1ccc([C@@H]2SCC(=O)N2c2cccc(F)c2)cc1. The van der Waals surface area contributed by atoms with Gasteiger partial charge < -0.3 is 5.32 Å². The number of anilines is 2. The summed E-state index contributed by atoms with van der Waals surface area (Å²) < 4.78 is 13.5. The van der Waals surface area contributed by atoms with Crippen LogP contribution in [-0.4, -0.2) is 17.6 Å². The van der Waals surface area contributed by atoms with Crippen molar-refractivity contribution in [2.45, 2.75) is 18.7 Å². The lowest BCUT2D eigenvalue weighted by molar-refractivity contribution is -0.116. The third-order valence-corrected chi connectivity index (χ3v) is 4.97. The van der Waals surface area contributed by atoms with E-state index in [2.05, 4.69) is 5.32 Å². The summed E-state index contributed by atoms with van der Waals surface area (Å²) in [4.78, 5) is 25.3. The monoisotopic (exact) mass is 344 g/mol. The Morgan fingerprint density at radius 3 is 2.71 bits per heavy atom. The highest BCUT2D eigenvalue weighted by molar-refractivity contribution is 8.00. The quantitative estimate of drug-likeness (QED) is 0.913. The highest BCUT2D eigenvalue weighted by Crippen LogP contribution is 2.42. The van der Waals surface area contributed by atoms with Crippen LogP contribution in [-0.2, 0) is 9.59 Å². The van der Waals surface area contributed by atoms with Gasteiger partial charge in [-0.05, 0) is 35.9 Å². The van der Waals surface area contributed by atoms with Crippen LogP contribution in [0.3, 0.4) is 0 Å². The van der Waals surface area contributed by atoms with Crippen LogP contribution in [0.15, 0.2) is 48.5 Å². The molecule has 0 bridgehead atoms. The lowest BCUT2D eigenvalue weighted by Gasteiger charge is -2.24. The molecule has 0 aromatic heterocycles. The van der Waals surface area contributed by atoms with Crippen molar-refractivity contribution in [2.75, 3.05) is 16.0 Å². The maximum Gasteiger partial charge on any atom is 0.238 e. The molecule has 0 unspecified atom stereocenters. The van der Waals surface area contributed by atoms with Crippen LogP contribution in [0, 0.1) is 5.82 Å². The Labute approximate surface area is 144 Å². The molecule has 1 saturated heterocycles. The number of thioether (sulfide) groups is 1. The van der Waals surface area contributed by atoms with Gasteiger partial charge in [0, 0.05) is 17.8 Å². The number of nitrogens with zero attached hydrogens (tertiary/aromatic N) is 1. The van der Waals surface area contributed by atoms with Gasteiger partial charge in [-0.3, -0.25) is 14.5 Å². The Bertz CT molecular complexity index is 764. The first-order valence-corrected chi connectivity index (χ1v) is 8.72. The summed E-state index contributed by atoms with van der Waals surface area (Å²) in [6.45, 7) is 1.79. The van der Waals surface area contributed by atoms with Crippen molar-refractivity contribution in [1.29, 1.82) is 0 Å². The average Bonchev–Trinajstić information content (AvgIpc) is 2.97. The molecule has 4 nitrogen and oxygen atoms in total. The van der Waals surface area contributed by atoms with Crippen LogP contribution in [0.1, 0.15) is 24.3 Å². The van der Waals surface area contributed by atoms with Gasteiger partial charge in [0.15, 0.2) is 0 Å². The van der Waals surface area contributed by atoms with E-state index < -0.39 is 0 Å². The molecule has 2 amide bonds. The number of halogens is 1. The Kier molecular flexibility index (Phi) is 4.85. The van der Waals surface area contributed by atoms with Crippen LogP contribution >= 0.6 is 11.8 Å². The second kappa shape index (κ2) is 7.05. The highest BCUT2D eigenvalue weighted by Gasteiger charge is 2.34. The zero-order valence-electron chi connectivity index (χ0n) is 13.2. The van der Waals surface area contributed by atoms with E-state index in [0.717, 1.165) is 11.3 Å². The predicted molar refractivity (Wildman–Crippen MR) is 94.4 cm³/mol. The molecule has 1 atom stereocenters. The van der Waals surface area contributed by atoms with E-state index in [1.54, 1.807) is 24.0 Å². The van der Waals surface area contributed by atoms with E-state index >= 15 is 0 Å². The molecule has 2 aromatic carbocycles. The Hall–Kier alpha value is -2.34. The Balaban J connectivity index is 1.85. The number of benzene rings is 2. The number of amides is 2. The summed E-state index contributed by atoms with van der Waals surface area (Å²) in [5.41, 5.74) is 2.21. The lowest BCUT2D eigenvalue weighted by atomic mass is 10.1. The molecule has 3 rings (SSSR count). The third kappa shape index (κ3) is 3.43. The molecule has 1 aliphatic heterocycles. The molecule has 124 valence electrons.